The second-order valence-corrected chi connectivity index (χ2v) is 4.90. The molecule has 0 radical (unpaired) electrons. The zero-order valence-electron chi connectivity index (χ0n) is 13.5. The first kappa shape index (κ1) is 17.1. The summed E-state index contributed by atoms with van der Waals surface area (Å²) in [7, 11) is 1.50. The van der Waals surface area contributed by atoms with E-state index >= 15 is 0 Å². The summed E-state index contributed by atoms with van der Waals surface area (Å²) in [5, 5.41) is 12.9. The number of hydrogen-bond donors (Lipinski definition) is 2. The molecule has 24 heavy (non-hydrogen) atoms. The van der Waals surface area contributed by atoms with Crippen LogP contribution in [0, 0.1) is 0 Å². The van der Waals surface area contributed by atoms with E-state index in [0.717, 1.165) is 0 Å². The van der Waals surface area contributed by atoms with E-state index in [1.54, 1.807) is 43.3 Å². The predicted octanol–water partition coefficient (Wildman–Crippen LogP) is 2.62. The highest BCUT2D eigenvalue weighted by atomic mass is 16.2. The number of nitrogens with one attached hydrogen (secondary N) is 2. The summed E-state index contributed by atoms with van der Waals surface area (Å²) >= 11 is 0. The molecule has 0 bridgehead atoms. The third-order valence-corrected chi connectivity index (χ3v) is 3.12. The lowest BCUT2D eigenvalue weighted by Crippen LogP contribution is -2.36. The summed E-state index contributed by atoms with van der Waals surface area (Å²) in [6, 6.07) is 17.5. The van der Waals surface area contributed by atoms with E-state index in [9.17, 15) is 9.59 Å². The lowest BCUT2D eigenvalue weighted by molar-refractivity contribution is 0.106. The van der Waals surface area contributed by atoms with Crippen LogP contribution in [0.15, 0.2) is 70.9 Å². The van der Waals surface area contributed by atoms with Gasteiger partial charge in [0.1, 0.15) is 11.5 Å². The maximum absolute atomic E-state index is 12.7. The molecular formula is C18H18N4O2. The standard InChI is InChI=1S/C18H18N4O2/c1-13(20-18(24)19-2)21-22-16(14-9-5-3-6-10-14)17(23)15-11-7-4-8-12-15/h3-12H,1-2H3,(H2,19,20,21,24)/b22-16+. The first-order chi connectivity index (χ1) is 11.6. The highest BCUT2D eigenvalue weighted by Gasteiger charge is 2.16. The first-order valence-corrected chi connectivity index (χ1v) is 7.38. The topological polar surface area (TPSA) is 82.9 Å². The molecule has 2 aromatic carbocycles. The zero-order valence-corrected chi connectivity index (χ0v) is 13.5. The zero-order chi connectivity index (χ0) is 17.4. The van der Waals surface area contributed by atoms with Crippen LogP contribution in [0.2, 0.25) is 0 Å². The number of ketones is 1. The van der Waals surface area contributed by atoms with Gasteiger partial charge in [-0.1, -0.05) is 60.7 Å². The van der Waals surface area contributed by atoms with Crippen molar-refractivity contribution < 1.29 is 9.59 Å². The van der Waals surface area contributed by atoms with Crippen LogP contribution in [0.3, 0.4) is 0 Å². The fourth-order valence-corrected chi connectivity index (χ4v) is 1.93. The number of amides is 2. The Kier molecular flexibility index (Phi) is 5.96. The van der Waals surface area contributed by atoms with Crippen molar-refractivity contribution in [3.63, 3.8) is 0 Å². The summed E-state index contributed by atoms with van der Waals surface area (Å²) in [5.74, 6) is 0.0435. The van der Waals surface area contributed by atoms with Gasteiger partial charge >= 0.3 is 6.03 Å². The molecule has 2 aromatic rings. The van der Waals surface area contributed by atoms with Gasteiger partial charge in [0.25, 0.3) is 0 Å². The van der Waals surface area contributed by atoms with E-state index in [1.165, 1.54) is 7.05 Å². The SMILES string of the molecule is CNC(=O)N/C(C)=N/N=C(/C(=O)c1ccccc1)c1ccccc1. The average Bonchev–Trinajstić information content (AvgIpc) is 2.63. The molecule has 2 N–H and O–H groups in total. The molecule has 0 spiro atoms. The van der Waals surface area contributed by atoms with Crippen LogP contribution in [-0.2, 0) is 0 Å². The normalized spacial score (nSPS) is 11.8. The Balaban J connectivity index is 2.37. The van der Waals surface area contributed by atoms with Crippen LogP contribution < -0.4 is 10.6 Å². The van der Waals surface area contributed by atoms with Crippen molar-refractivity contribution >= 4 is 23.4 Å². The molecule has 0 unspecified atom stereocenters. The summed E-state index contributed by atoms with van der Waals surface area (Å²) in [4.78, 5) is 24.0. The van der Waals surface area contributed by atoms with Crippen LogP contribution in [0.4, 0.5) is 4.79 Å². The first-order valence-electron chi connectivity index (χ1n) is 7.38. The maximum Gasteiger partial charge on any atom is 0.319 e. The minimum Gasteiger partial charge on any atom is -0.341 e. The molecule has 6 heteroatoms. The fourth-order valence-electron chi connectivity index (χ4n) is 1.93. The predicted molar refractivity (Wildman–Crippen MR) is 94.5 cm³/mol. The molecule has 2 amide bonds. The number of nitrogens with zero attached hydrogens (tertiary/aromatic N) is 2. The number of carbonyl (C=O) groups is 2. The number of benzene rings is 2. The molecule has 0 aliphatic heterocycles. The molecule has 0 heterocycles. The molecule has 0 fully saturated rings. The van der Waals surface area contributed by atoms with Crippen molar-refractivity contribution in [3.8, 4) is 0 Å². The molecule has 0 saturated carbocycles. The second-order valence-electron chi connectivity index (χ2n) is 4.90. The number of amidine groups is 1. The molecule has 0 atom stereocenters. The Morgan fingerprint density at radius 2 is 1.38 bits per heavy atom. The summed E-state index contributed by atoms with van der Waals surface area (Å²) in [5.41, 5.74) is 1.38. The second kappa shape index (κ2) is 8.38. The van der Waals surface area contributed by atoms with Crippen molar-refractivity contribution in [1.29, 1.82) is 0 Å². The van der Waals surface area contributed by atoms with E-state index in [4.69, 9.17) is 0 Å². The van der Waals surface area contributed by atoms with Gasteiger partial charge in [0.05, 0.1) is 0 Å². The van der Waals surface area contributed by atoms with E-state index in [-0.39, 0.29) is 17.3 Å². The largest absolute Gasteiger partial charge is 0.341 e. The summed E-state index contributed by atoms with van der Waals surface area (Å²) in [6.45, 7) is 1.59. The highest BCUT2D eigenvalue weighted by molar-refractivity contribution is 6.51. The molecule has 0 aromatic heterocycles. The molecule has 0 aliphatic rings. The minimum absolute atomic E-state index is 0.208. The number of rotatable bonds is 4. The van der Waals surface area contributed by atoms with Crippen molar-refractivity contribution in [2.45, 2.75) is 6.92 Å². The van der Waals surface area contributed by atoms with Crippen LogP contribution in [0.5, 0.6) is 0 Å². The molecule has 0 aliphatic carbocycles. The van der Waals surface area contributed by atoms with Gasteiger partial charge in [0.2, 0.25) is 5.78 Å². The van der Waals surface area contributed by atoms with Crippen LogP contribution in [-0.4, -0.2) is 30.4 Å². The molecular weight excluding hydrogens is 304 g/mol. The maximum atomic E-state index is 12.7. The summed E-state index contributed by atoms with van der Waals surface area (Å²) < 4.78 is 0. The number of carbonyl (C=O) groups excluding carboxylic acids is 2. The quantitative estimate of drug-likeness (QED) is 0.392. The third-order valence-electron chi connectivity index (χ3n) is 3.12. The van der Waals surface area contributed by atoms with Gasteiger partial charge < -0.3 is 5.32 Å². The Hall–Kier alpha value is -3.28. The van der Waals surface area contributed by atoms with Crippen LogP contribution in [0.1, 0.15) is 22.8 Å². The summed E-state index contributed by atoms with van der Waals surface area (Å²) in [6.07, 6.45) is 0. The van der Waals surface area contributed by atoms with Crippen LogP contribution in [0.25, 0.3) is 0 Å². The van der Waals surface area contributed by atoms with Gasteiger partial charge in [-0.2, -0.15) is 0 Å². The van der Waals surface area contributed by atoms with E-state index in [0.29, 0.717) is 11.1 Å². The van der Waals surface area contributed by atoms with Crippen molar-refractivity contribution in [3.05, 3.63) is 71.8 Å². The van der Waals surface area contributed by atoms with E-state index in [2.05, 4.69) is 20.8 Å². The lowest BCUT2D eigenvalue weighted by Gasteiger charge is -2.05. The van der Waals surface area contributed by atoms with Gasteiger partial charge in [-0.3, -0.25) is 10.1 Å². The molecule has 2 rings (SSSR count). The van der Waals surface area contributed by atoms with Gasteiger partial charge in [-0.25, -0.2) is 4.79 Å². The number of urea groups is 1. The Bertz CT molecular complexity index is 768. The highest BCUT2D eigenvalue weighted by Crippen LogP contribution is 2.09. The van der Waals surface area contributed by atoms with Gasteiger partial charge in [-0.05, 0) is 6.92 Å². The minimum atomic E-state index is -0.401. The Morgan fingerprint density at radius 3 is 1.92 bits per heavy atom. The van der Waals surface area contributed by atoms with E-state index < -0.39 is 6.03 Å². The van der Waals surface area contributed by atoms with Gasteiger partial charge in [-0.15, -0.1) is 10.2 Å². The fraction of sp³-hybridized carbons (Fsp3) is 0.111. The number of hydrogen-bond acceptors (Lipinski definition) is 4. The third kappa shape index (κ3) is 4.61. The van der Waals surface area contributed by atoms with Gasteiger partial charge in [0.15, 0.2) is 0 Å². The number of Topliss-reactive ketones (excluding diaryl/α,β-unsaturated/α-hetero) is 1. The monoisotopic (exact) mass is 322 g/mol. The Morgan fingerprint density at radius 1 is 0.833 bits per heavy atom. The molecule has 6 nitrogen and oxygen atoms in total. The molecule has 0 saturated heterocycles. The van der Waals surface area contributed by atoms with Crippen molar-refractivity contribution in [2.75, 3.05) is 7.05 Å². The lowest BCUT2D eigenvalue weighted by atomic mass is 10.0. The van der Waals surface area contributed by atoms with Crippen molar-refractivity contribution in [2.24, 2.45) is 10.2 Å². The van der Waals surface area contributed by atoms with E-state index in [1.807, 2.05) is 24.3 Å². The van der Waals surface area contributed by atoms with Crippen molar-refractivity contribution in [1.82, 2.24) is 10.6 Å². The average molecular weight is 322 g/mol. The smallest absolute Gasteiger partial charge is 0.319 e. The van der Waals surface area contributed by atoms with Gasteiger partial charge in [0, 0.05) is 18.2 Å². The Labute approximate surface area is 140 Å². The molecule has 122 valence electrons. The van der Waals surface area contributed by atoms with Crippen LogP contribution >= 0.6 is 0 Å².